The van der Waals surface area contributed by atoms with Crippen molar-refractivity contribution >= 4 is 39.0 Å². The smallest absolute Gasteiger partial charge is 0.157 e. The molecule has 1 aliphatic heterocycles. The van der Waals surface area contributed by atoms with Crippen LogP contribution < -0.4 is 15.0 Å². The number of ether oxygens (including phenoxy) is 2. The van der Waals surface area contributed by atoms with Crippen molar-refractivity contribution in [1.82, 2.24) is 15.2 Å². The van der Waals surface area contributed by atoms with Crippen molar-refractivity contribution in [3.05, 3.63) is 48.7 Å². The number of H-pyrrole nitrogens is 1. The van der Waals surface area contributed by atoms with Crippen LogP contribution in [0.1, 0.15) is 0 Å². The Balaban J connectivity index is 1.48. The average molecular weight is 375 g/mol. The van der Waals surface area contributed by atoms with Gasteiger partial charge in [-0.15, -0.1) is 0 Å². The van der Waals surface area contributed by atoms with Crippen molar-refractivity contribution in [2.45, 2.75) is 0 Å². The molecule has 2 aromatic carbocycles. The van der Waals surface area contributed by atoms with Gasteiger partial charge in [-0.3, -0.25) is 5.10 Å². The summed E-state index contributed by atoms with van der Waals surface area (Å²) in [6.07, 6.45) is 1.82. The number of aromatic amines is 1. The molecule has 4 aromatic rings. The molecule has 0 radical (unpaired) electrons. The first-order chi connectivity index (χ1) is 13.8. The highest BCUT2D eigenvalue weighted by atomic mass is 16.5. The van der Waals surface area contributed by atoms with Gasteiger partial charge in [-0.25, -0.2) is 4.98 Å². The van der Waals surface area contributed by atoms with E-state index < -0.39 is 0 Å². The number of benzene rings is 2. The van der Waals surface area contributed by atoms with E-state index in [0.717, 1.165) is 65.4 Å². The fourth-order valence-corrected chi connectivity index (χ4v) is 3.61. The molecule has 0 bridgehead atoms. The molecule has 1 saturated heterocycles. The van der Waals surface area contributed by atoms with Gasteiger partial charge in [0.05, 0.1) is 32.0 Å². The van der Waals surface area contributed by atoms with E-state index in [9.17, 15) is 0 Å². The van der Waals surface area contributed by atoms with Crippen LogP contribution in [0.5, 0.6) is 5.75 Å². The number of rotatable bonds is 4. The summed E-state index contributed by atoms with van der Waals surface area (Å²) < 4.78 is 10.8. The van der Waals surface area contributed by atoms with E-state index in [4.69, 9.17) is 14.5 Å². The molecule has 0 saturated carbocycles. The molecule has 1 fully saturated rings. The Morgan fingerprint density at radius 1 is 1.07 bits per heavy atom. The summed E-state index contributed by atoms with van der Waals surface area (Å²) in [5, 5.41) is 12.7. The molecule has 2 aromatic heterocycles. The van der Waals surface area contributed by atoms with Crippen molar-refractivity contribution in [2.24, 2.45) is 0 Å². The van der Waals surface area contributed by atoms with Gasteiger partial charge in [0.2, 0.25) is 0 Å². The predicted octanol–water partition coefficient (Wildman–Crippen LogP) is 3.70. The number of morpholine rings is 1. The van der Waals surface area contributed by atoms with Crippen LogP contribution in [0.4, 0.5) is 17.2 Å². The van der Waals surface area contributed by atoms with Gasteiger partial charge in [0, 0.05) is 35.2 Å². The minimum atomic E-state index is 0.754. The molecule has 1 aliphatic rings. The monoisotopic (exact) mass is 375 g/mol. The predicted molar refractivity (Wildman–Crippen MR) is 111 cm³/mol. The zero-order valence-corrected chi connectivity index (χ0v) is 15.6. The summed E-state index contributed by atoms with van der Waals surface area (Å²) in [6.45, 7) is 3.42. The average Bonchev–Trinajstić information content (AvgIpc) is 3.25. The van der Waals surface area contributed by atoms with E-state index in [1.54, 1.807) is 7.11 Å². The minimum Gasteiger partial charge on any atom is -0.497 e. The fraction of sp³-hybridized carbons (Fsp3) is 0.238. The van der Waals surface area contributed by atoms with Crippen LogP contribution in [0.25, 0.3) is 21.8 Å². The zero-order valence-electron chi connectivity index (χ0n) is 15.6. The largest absolute Gasteiger partial charge is 0.497 e. The Morgan fingerprint density at radius 2 is 1.89 bits per heavy atom. The number of aromatic nitrogens is 3. The number of nitrogens with one attached hydrogen (secondary N) is 2. The minimum absolute atomic E-state index is 0.754. The van der Waals surface area contributed by atoms with Gasteiger partial charge in [-0.2, -0.15) is 5.10 Å². The second-order valence-electron chi connectivity index (χ2n) is 6.77. The summed E-state index contributed by atoms with van der Waals surface area (Å²) in [5.74, 6) is 1.56. The molecular formula is C21H21N5O2. The maximum absolute atomic E-state index is 5.43. The van der Waals surface area contributed by atoms with Crippen LogP contribution in [0.3, 0.4) is 0 Å². The summed E-state index contributed by atoms with van der Waals surface area (Å²) in [7, 11) is 1.66. The van der Waals surface area contributed by atoms with E-state index in [-0.39, 0.29) is 0 Å². The SMILES string of the molecule is COc1ccc2nc(Nc3ccc(N4CCOCC4)cc3)c3[nH]ncc3c2c1. The van der Waals surface area contributed by atoms with Crippen LogP contribution in [0, 0.1) is 0 Å². The maximum Gasteiger partial charge on any atom is 0.157 e. The Labute approximate surface area is 162 Å². The van der Waals surface area contributed by atoms with Crippen LogP contribution in [-0.4, -0.2) is 48.6 Å². The number of hydrogen-bond acceptors (Lipinski definition) is 6. The summed E-state index contributed by atoms with van der Waals surface area (Å²) in [4.78, 5) is 7.13. The molecule has 7 nitrogen and oxygen atoms in total. The third kappa shape index (κ3) is 2.99. The third-order valence-corrected chi connectivity index (χ3v) is 5.11. The maximum atomic E-state index is 5.43. The van der Waals surface area contributed by atoms with E-state index in [0.29, 0.717) is 0 Å². The van der Waals surface area contributed by atoms with Crippen molar-refractivity contribution < 1.29 is 9.47 Å². The van der Waals surface area contributed by atoms with E-state index in [1.165, 1.54) is 5.69 Å². The molecule has 5 rings (SSSR count). The van der Waals surface area contributed by atoms with Crippen LogP contribution >= 0.6 is 0 Å². The molecule has 0 atom stereocenters. The van der Waals surface area contributed by atoms with Crippen molar-refractivity contribution in [2.75, 3.05) is 43.6 Å². The third-order valence-electron chi connectivity index (χ3n) is 5.11. The molecule has 28 heavy (non-hydrogen) atoms. The number of fused-ring (bicyclic) bond motifs is 3. The quantitative estimate of drug-likeness (QED) is 0.566. The number of methoxy groups -OCH3 is 1. The number of hydrogen-bond donors (Lipinski definition) is 2. The standard InChI is InChI=1S/C21H21N5O2/c1-27-16-6-7-19-17(12-16)18-13-22-25-20(18)21(24-19)23-14-2-4-15(5-3-14)26-8-10-28-11-9-26/h2-7,12-13H,8-11H2,1H3,(H,22,25)(H,23,24). The lowest BCUT2D eigenvalue weighted by molar-refractivity contribution is 0.122. The second-order valence-corrected chi connectivity index (χ2v) is 6.77. The first-order valence-corrected chi connectivity index (χ1v) is 9.32. The molecule has 0 spiro atoms. The van der Waals surface area contributed by atoms with Gasteiger partial charge in [-0.05, 0) is 42.5 Å². The Morgan fingerprint density at radius 3 is 2.68 bits per heavy atom. The number of anilines is 3. The van der Waals surface area contributed by atoms with Crippen LogP contribution in [-0.2, 0) is 4.74 Å². The fourth-order valence-electron chi connectivity index (χ4n) is 3.61. The lowest BCUT2D eigenvalue weighted by Crippen LogP contribution is -2.36. The first kappa shape index (κ1) is 16.8. The molecule has 2 N–H and O–H groups in total. The van der Waals surface area contributed by atoms with Crippen molar-refractivity contribution in [3.63, 3.8) is 0 Å². The number of nitrogens with zero attached hydrogens (tertiary/aromatic N) is 3. The van der Waals surface area contributed by atoms with E-state index in [2.05, 4.69) is 44.7 Å². The molecule has 0 aliphatic carbocycles. The Bertz CT molecular complexity index is 1120. The van der Waals surface area contributed by atoms with Crippen LogP contribution in [0.15, 0.2) is 48.7 Å². The highest BCUT2D eigenvalue weighted by molar-refractivity contribution is 6.09. The summed E-state index contributed by atoms with van der Waals surface area (Å²) in [6, 6.07) is 14.3. The van der Waals surface area contributed by atoms with Gasteiger partial charge in [-0.1, -0.05) is 0 Å². The Hall–Kier alpha value is -3.32. The highest BCUT2D eigenvalue weighted by Crippen LogP contribution is 2.32. The zero-order chi connectivity index (χ0) is 18.9. The summed E-state index contributed by atoms with van der Waals surface area (Å²) in [5.41, 5.74) is 3.95. The molecular weight excluding hydrogens is 354 g/mol. The van der Waals surface area contributed by atoms with Gasteiger partial charge in [0.15, 0.2) is 5.82 Å². The molecule has 3 heterocycles. The lowest BCUT2D eigenvalue weighted by Gasteiger charge is -2.28. The normalized spacial score (nSPS) is 14.5. The van der Waals surface area contributed by atoms with E-state index >= 15 is 0 Å². The molecule has 0 amide bonds. The van der Waals surface area contributed by atoms with Crippen molar-refractivity contribution in [1.29, 1.82) is 0 Å². The Kier molecular flexibility index (Phi) is 4.21. The lowest BCUT2D eigenvalue weighted by atomic mass is 10.1. The number of pyridine rings is 1. The van der Waals surface area contributed by atoms with Gasteiger partial charge in [0.1, 0.15) is 11.3 Å². The molecule has 7 heteroatoms. The second kappa shape index (κ2) is 7.01. The van der Waals surface area contributed by atoms with Gasteiger partial charge in [0.25, 0.3) is 0 Å². The summed E-state index contributed by atoms with van der Waals surface area (Å²) >= 11 is 0. The first-order valence-electron chi connectivity index (χ1n) is 9.32. The van der Waals surface area contributed by atoms with Crippen molar-refractivity contribution in [3.8, 4) is 5.75 Å². The topological polar surface area (TPSA) is 75.3 Å². The van der Waals surface area contributed by atoms with E-state index in [1.807, 2.05) is 24.4 Å². The molecule has 0 unspecified atom stereocenters. The highest BCUT2D eigenvalue weighted by Gasteiger charge is 2.13. The van der Waals surface area contributed by atoms with Crippen LogP contribution in [0.2, 0.25) is 0 Å². The molecule has 142 valence electrons. The van der Waals surface area contributed by atoms with Gasteiger partial charge >= 0.3 is 0 Å². The van der Waals surface area contributed by atoms with Gasteiger partial charge < -0.3 is 19.7 Å².